The molecule has 1 aromatic rings. The van der Waals surface area contributed by atoms with Gasteiger partial charge in [0.05, 0.1) is 5.56 Å². The van der Waals surface area contributed by atoms with Gasteiger partial charge in [0.25, 0.3) is 0 Å². The van der Waals surface area contributed by atoms with Crippen molar-refractivity contribution in [3.05, 3.63) is 22.8 Å². The number of phenols is 1. The molecule has 0 saturated heterocycles. The molecule has 1 N–H and O–H groups in total. The molecule has 1 aromatic carbocycles. The second-order valence-electron chi connectivity index (χ2n) is 9.23. The van der Waals surface area contributed by atoms with Crippen LogP contribution >= 0.6 is 0 Å². The number of carbonyl (C=O) groups is 1. The molecular formula is C22H32O3. The van der Waals surface area contributed by atoms with Gasteiger partial charge in [0, 0.05) is 17.4 Å². The van der Waals surface area contributed by atoms with Gasteiger partial charge in [-0.1, -0.05) is 34.1 Å². The predicted molar refractivity (Wildman–Crippen MR) is 101 cm³/mol. The van der Waals surface area contributed by atoms with Gasteiger partial charge in [-0.3, -0.25) is 4.79 Å². The van der Waals surface area contributed by atoms with Gasteiger partial charge in [-0.15, -0.1) is 0 Å². The SMILES string of the molecule is CCCc1cc2c(c(O)c1C(C)=O)[C@@H](C(C)(C)C)[C@H]1CCC[C@@]1(C)O2. The van der Waals surface area contributed by atoms with Gasteiger partial charge in [-0.25, -0.2) is 0 Å². The minimum absolute atomic E-state index is 0.00733. The van der Waals surface area contributed by atoms with E-state index >= 15 is 0 Å². The smallest absolute Gasteiger partial charge is 0.163 e. The molecule has 0 aromatic heterocycles. The fourth-order valence-electron chi connectivity index (χ4n) is 5.25. The monoisotopic (exact) mass is 344 g/mol. The summed E-state index contributed by atoms with van der Waals surface area (Å²) in [6.45, 7) is 12.6. The summed E-state index contributed by atoms with van der Waals surface area (Å²) in [5, 5.41) is 11.1. The lowest BCUT2D eigenvalue weighted by atomic mass is 9.63. The number of carbonyl (C=O) groups excluding carboxylic acids is 1. The van der Waals surface area contributed by atoms with Crippen LogP contribution in [0.3, 0.4) is 0 Å². The molecule has 1 fully saturated rings. The van der Waals surface area contributed by atoms with E-state index in [-0.39, 0.29) is 28.5 Å². The molecule has 0 bridgehead atoms. The van der Waals surface area contributed by atoms with Gasteiger partial charge in [-0.2, -0.15) is 0 Å². The van der Waals surface area contributed by atoms with Crippen molar-refractivity contribution in [1.29, 1.82) is 0 Å². The summed E-state index contributed by atoms with van der Waals surface area (Å²) in [5.74, 6) is 1.48. The molecule has 1 aliphatic carbocycles. The first-order valence-corrected chi connectivity index (χ1v) is 9.69. The molecule has 0 radical (unpaired) electrons. The lowest BCUT2D eigenvalue weighted by molar-refractivity contribution is -0.00721. The van der Waals surface area contributed by atoms with E-state index in [0.717, 1.165) is 49.0 Å². The molecule has 1 aliphatic heterocycles. The van der Waals surface area contributed by atoms with Gasteiger partial charge in [0.2, 0.25) is 0 Å². The highest BCUT2D eigenvalue weighted by molar-refractivity contribution is 5.99. The second-order valence-corrected chi connectivity index (χ2v) is 9.23. The summed E-state index contributed by atoms with van der Waals surface area (Å²) in [7, 11) is 0. The fourth-order valence-corrected chi connectivity index (χ4v) is 5.25. The molecule has 2 aliphatic rings. The largest absolute Gasteiger partial charge is 0.507 e. The number of aromatic hydroxyl groups is 1. The standard InChI is InChI=1S/C22H32O3/c1-7-9-14-12-16-18(20(24)17(14)13(2)23)19(21(3,4)5)15-10-8-11-22(15,6)25-16/h12,15,19,24H,7-11H2,1-6H3/t15-,19+,22-/m1/s1. The van der Waals surface area contributed by atoms with Gasteiger partial charge in [0.1, 0.15) is 17.1 Å². The van der Waals surface area contributed by atoms with Crippen LogP contribution in [0.15, 0.2) is 6.07 Å². The van der Waals surface area contributed by atoms with Crippen molar-refractivity contribution in [3.63, 3.8) is 0 Å². The van der Waals surface area contributed by atoms with Gasteiger partial charge in [0.15, 0.2) is 5.78 Å². The molecule has 0 amide bonds. The van der Waals surface area contributed by atoms with Crippen LogP contribution in [0.25, 0.3) is 0 Å². The molecule has 3 heteroatoms. The highest BCUT2D eigenvalue weighted by Gasteiger charge is 2.54. The van der Waals surface area contributed by atoms with Gasteiger partial charge < -0.3 is 9.84 Å². The van der Waals surface area contributed by atoms with E-state index in [1.165, 1.54) is 0 Å². The maximum absolute atomic E-state index is 12.3. The van der Waals surface area contributed by atoms with E-state index < -0.39 is 0 Å². The molecular weight excluding hydrogens is 312 g/mol. The maximum atomic E-state index is 12.3. The minimum atomic E-state index is -0.168. The number of phenolic OH excluding ortho intramolecular Hbond substituents is 1. The Morgan fingerprint density at radius 3 is 2.64 bits per heavy atom. The van der Waals surface area contributed by atoms with Crippen LogP contribution in [0.5, 0.6) is 11.5 Å². The predicted octanol–water partition coefficient (Wildman–Crippen LogP) is 5.63. The molecule has 25 heavy (non-hydrogen) atoms. The summed E-state index contributed by atoms with van der Waals surface area (Å²) < 4.78 is 6.50. The molecule has 3 nitrogen and oxygen atoms in total. The fraction of sp³-hybridized carbons (Fsp3) is 0.682. The van der Waals surface area contributed by atoms with Crippen molar-refractivity contribution in [2.75, 3.05) is 0 Å². The van der Waals surface area contributed by atoms with Crippen LogP contribution in [-0.4, -0.2) is 16.5 Å². The number of hydrogen-bond acceptors (Lipinski definition) is 3. The third-order valence-corrected chi connectivity index (χ3v) is 6.22. The summed E-state index contributed by atoms with van der Waals surface area (Å²) >= 11 is 0. The Labute approximate surface area is 151 Å². The van der Waals surface area contributed by atoms with Crippen LogP contribution in [0.4, 0.5) is 0 Å². The normalized spacial score (nSPS) is 28.2. The van der Waals surface area contributed by atoms with Gasteiger partial charge in [-0.05, 0) is 56.6 Å². The van der Waals surface area contributed by atoms with Gasteiger partial charge >= 0.3 is 0 Å². The lowest BCUT2D eigenvalue weighted by Gasteiger charge is -2.48. The third kappa shape index (κ3) is 2.86. The summed E-state index contributed by atoms with van der Waals surface area (Å²) in [5.41, 5.74) is 2.10. The Hall–Kier alpha value is -1.51. The van der Waals surface area contributed by atoms with E-state index in [4.69, 9.17) is 4.74 Å². The number of hydrogen-bond donors (Lipinski definition) is 1. The molecule has 1 saturated carbocycles. The molecule has 3 atom stereocenters. The van der Waals surface area contributed by atoms with Crippen LogP contribution in [0, 0.1) is 11.3 Å². The first kappa shape index (κ1) is 18.3. The zero-order valence-electron chi connectivity index (χ0n) is 16.5. The zero-order valence-corrected chi connectivity index (χ0v) is 16.5. The van der Waals surface area contributed by atoms with Crippen molar-refractivity contribution in [1.82, 2.24) is 0 Å². The number of rotatable bonds is 3. The van der Waals surface area contributed by atoms with Crippen molar-refractivity contribution in [3.8, 4) is 11.5 Å². The quantitative estimate of drug-likeness (QED) is 0.723. The molecule has 0 spiro atoms. The number of aryl methyl sites for hydroxylation is 1. The first-order chi connectivity index (χ1) is 11.6. The molecule has 138 valence electrons. The van der Waals surface area contributed by atoms with E-state index in [1.54, 1.807) is 6.92 Å². The van der Waals surface area contributed by atoms with E-state index in [0.29, 0.717) is 11.5 Å². The Kier molecular flexibility index (Phi) is 4.41. The minimum Gasteiger partial charge on any atom is -0.507 e. The Balaban J connectivity index is 2.28. The summed E-state index contributed by atoms with van der Waals surface area (Å²) in [6.07, 6.45) is 5.04. The highest BCUT2D eigenvalue weighted by atomic mass is 16.5. The number of fused-ring (bicyclic) bond motifs is 2. The second kappa shape index (κ2) is 6.03. The van der Waals surface area contributed by atoms with Crippen LogP contribution in [0.2, 0.25) is 0 Å². The topological polar surface area (TPSA) is 46.5 Å². The molecule has 0 unspecified atom stereocenters. The Morgan fingerprint density at radius 1 is 1.40 bits per heavy atom. The van der Waals surface area contributed by atoms with Crippen molar-refractivity contribution < 1.29 is 14.6 Å². The number of ketones is 1. The summed E-state index contributed by atoms with van der Waals surface area (Å²) in [4.78, 5) is 12.3. The first-order valence-electron chi connectivity index (χ1n) is 9.69. The van der Waals surface area contributed by atoms with Crippen molar-refractivity contribution in [2.45, 2.75) is 85.2 Å². The molecule has 1 heterocycles. The van der Waals surface area contributed by atoms with E-state index in [1.807, 2.05) is 6.07 Å². The summed E-state index contributed by atoms with van der Waals surface area (Å²) in [6, 6.07) is 2.04. The molecule has 3 rings (SSSR count). The van der Waals surface area contributed by atoms with Crippen LogP contribution in [0.1, 0.15) is 94.6 Å². The number of benzene rings is 1. The maximum Gasteiger partial charge on any atom is 0.163 e. The number of Topliss-reactive ketones (excluding diaryl/α,β-unsaturated/α-hetero) is 1. The lowest BCUT2D eigenvalue weighted by Crippen LogP contribution is -2.46. The van der Waals surface area contributed by atoms with Crippen LogP contribution in [-0.2, 0) is 6.42 Å². The Morgan fingerprint density at radius 2 is 2.08 bits per heavy atom. The van der Waals surface area contributed by atoms with Crippen LogP contribution < -0.4 is 4.74 Å². The average Bonchev–Trinajstić information content (AvgIpc) is 2.84. The van der Waals surface area contributed by atoms with E-state index in [9.17, 15) is 9.90 Å². The van der Waals surface area contributed by atoms with Crippen molar-refractivity contribution >= 4 is 5.78 Å². The zero-order chi connectivity index (χ0) is 18.6. The Bertz CT molecular complexity index is 698. The number of ether oxygens (including phenoxy) is 1. The average molecular weight is 344 g/mol. The van der Waals surface area contributed by atoms with Crippen molar-refractivity contribution in [2.24, 2.45) is 11.3 Å². The van der Waals surface area contributed by atoms with E-state index in [2.05, 4.69) is 34.6 Å². The third-order valence-electron chi connectivity index (χ3n) is 6.22. The highest BCUT2D eigenvalue weighted by Crippen LogP contribution is 2.60.